The van der Waals surface area contributed by atoms with Gasteiger partial charge in [-0.2, -0.15) is 0 Å². The summed E-state index contributed by atoms with van der Waals surface area (Å²) in [6.45, 7) is 0.583. The lowest BCUT2D eigenvalue weighted by Crippen LogP contribution is -2.55. The predicted octanol–water partition coefficient (Wildman–Crippen LogP) is -2.09. The number of aliphatic carboxylic acids is 1. The summed E-state index contributed by atoms with van der Waals surface area (Å²) in [7, 11) is 0. The molecule has 3 atom stereocenters. The highest BCUT2D eigenvalue weighted by Gasteiger charge is 2.29. The van der Waals surface area contributed by atoms with Gasteiger partial charge in [0.25, 0.3) is 0 Å². The maximum absolute atomic E-state index is 12.1. The largest absolute Gasteiger partial charge is 0.480 e. The first-order valence-electron chi connectivity index (χ1n) is 7.87. The molecule has 9 nitrogen and oxygen atoms in total. The molecule has 0 aromatic heterocycles. The Morgan fingerprint density at radius 2 is 1.96 bits per heavy atom. The molecule has 1 heterocycles. The van der Waals surface area contributed by atoms with Crippen LogP contribution in [0.3, 0.4) is 0 Å². The Kier molecular flexibility index (Phi) is 8.52. The number of aliphatic hydroxyl groups is 1. The van der Waals surface area contributed by atoms with Crippen molar-refractivity contribution < 1.29 is 24.6 Å². The molecule has 0 aliphatic carbocycles. The van der Waals surface area contributed by atoms with Crippen LogP contribution in [0.5, 0.6) is 0 Å². The van der Waals surface area contributed by atoms with Crippen LogP contribution in [0.2, 0.25) is 0 Å². The van der Waals surface area contributed by atoms with Crippen molar-refractivity contribution in [3.05, 3.63) is 0 Å². The lowest BCUT2D eigenvalue weighted by Gasteiger charge is -2.21. The normalized spacial score (nSPS) is 19.8. The van der Waals surface area contributed by atoms with Crippen molar-refractivity contribution >= 4 is 17.8 Å². The van der Waals surface area contributed by atoms with E-state index in [1.807, 2.05) is 0 Å². The third-order valence-electron chi connectivity index (χ3n) is 3.75. The topological polar surface area (TPSA) is 154 Å². The highest BCUT2D eigenvalue weighted by Crippen LogP contribution is 2.05. The lowest BCUT2D eigenvalue weighted by molar-refractivity contribution is -0.142. The Labute approximate surface area is 135 Å². The zero-order valence-corrected chi connectivity index (χ0v) is 13.1. The third kappa shape index (κ3) is 6.51. The zero-order chi connectivity index (χ0) is 17.2. The fourth-order valence-corrected chi connectivity index (χ4v) is 2.40. The van der Waals surface area contributed by atoms with Crippen molar-refractivity contribution in [3.63, 3.8) is 0 Å². The maximum atomic E-state index is 12.1. The number of carbonyl (C=O) groups is 3. The molecule has 0 aromatic carbocycles. The average Bonchev–Trinajstić information content (AvgIpc) is 3.05. The van der Waals surface area contributed by atoms with Crippen LogP contribution < -0.4 is 21.7 Å². The van der Waals surface area contributed by atoms with Gasteiger partial charge in [-0.25, -0.2) is 4.79 Å². The van der Waals surface area contributed by atoms with Gasteiger partial charge in [-0.05, 0) is 45.2 Å². The summed E-state index contributed by atoms with van der Waals surface area (Å²) in [5.41, 5.74) is 5.36. The van der Waals surface area contributed by atoms with Gasteiger partial charge in [0.05, 0.1) is 12.6 Å². The van der Waals surface area contributed by atoms with E-state index >= 15 is 0 Å². The first-order valence-corrected chi connectivity index (χ1v) is 7.87. The Hall–Kier alpha value is -1.71. The van der Waals surface area contributed by atoms with E-state index in [-0.39, 0.29) is 18.4 Å². The smallest absolute Gasteiger partial charge is 0.326 e. The van der Waals surface area contributed by atoms with Gasteiger partial charge in [-0.1, -0.05) is 0 Å². The summed E-state index contributed by atoms with van der Waals surface area (Å²) < 4.78 is 0. The highest BCUT2D eigenvalue weighted by atomic mass is 16.4. The Morgan fingerprint density at radius 3 is 2.48 bits per heavy atom. The third-order valence-corrected chi connectivity index (χ3v) is 3.75. The molecule has 1 aliphatic heterocycles. The first-order chi connectivity index (χ1) is 11.0. The van der Waals surface area contributed by atoms with Gasteiger partial charge in [0.1, 0.15) is 12.1 Å². The van der Waals surface area contributed by atoms with Gasteiger partial charge in [0.15, 0.2) is 0 Å². The Balaban J connectivity index is 2.52. The number of hydrogen-bond acceptors (Lipinski definition) is 6. The molecule has 1 rings (SSSR count). The van der Waals surface area contributed by atoms with Crippen LogP contribution in [-0.2, 0) is 14.4 Å². The number of unbranched alkanes of at least 4 members (excludes halogenated alkanes) is 1. The maximum Gasteiger partial charge on any atom is 0.326 e. The SMILES string of the molecule is NCCCCC(NC(=O)C(CO)NC(=O)C1CCCN1)C(=O)O. The molecular weight excluding hydrogens is 304 g/mol. The molecule has 1 saturated heterocycles. The minimum atomic E-state index is -1.17. The molecule has 23 heavy (non-hydrogen) atoms. The second kappa shape index (κ2) is 10.1. The molecule has 1 aliphatic rings. The quantitative estimate of drug-likeness (QED) is 0.251. The molecule has 2 amide bonds. The number of hydrogen-bond donors (Lipinski definition) is 6. The number of carboxylic acid groups (broad SMARTS) is 1. The van der Waals surface area contributed by atoms with Crippen molar-refractivity contribution in [3.8, 4) is 0 Å². The second-order valence-corrected chi connectivity index (χ2v) is 5.58. The minimum Gasteiger partial charge on any atom is -0.480 e. The molecule has 7 N–H and O–H groups in total. The van der Waals surface area contributed by atoms with Crippen LogP contribution in [0.1, 0.15) is 32.1 Å². The number of nitrogens with one attached hydrogen (secondary N) is 3. The fourth-order valence-electron chi connectivity index (χ4n) is 2.40. The molecule has 0 saturated carbocycles. The number of amides is 2. The van der Waals surface area contributed by atoms with Crippen molar-refractivity contribution in [1.29, 1.82) is 0 Å². The molecule has 0 spiro atoms. The van der Waals surface area contributed by atoms with Gasteiger partial charge in [-0.3, -0.25) is 9.59 Å². The summed E-state index contributed by atoms with van der Waals surface area (Å²) in [4.78, 5) is 35.2. The van der Waals surface area contributed by atoms with Gasteiger partial charge < -0.3 is 31.9 Å². The van der Waals surface area contributed by atoms with Gasteiger partial charge >= 0.3 is 5.97 Å². The van der Waals surface area contributed by atoms with Crippen molar-refractivity contribution in [2.24, 2.45) is 5.73 Å². The molecule has 1 fully saturated rings. The molecule has 0 bridgehead atoms. The summed E-state index contributed by atoms with van der Waals surface area (Å²) in [5.74, 6) is -2.23. The number of nitrogens with two attached hydrogens (primary N) is 1. The Morgan fingerprint density at radius 1 is 1.22 bits per heavy atom. The summed E-state index contributed by atoms with van der Waals surface area (Å²) in [6, 6.07) is -2.61. The number of aliphatic hydroxyl groups excluding tert-OH is 1. The zero-order valence-electron chi connectivity index (χ0n) is 13.1. The van der Waals surface area contributed by atoms with E-state index < -0.39 is 30.6 Å². The number of rotatable bonds is 10. The van der Waals surface area contributed by atoms with Crippen LogP contribution in [0, 0.1) is 0 Å². The molecule has 0 aromatic rings. The molecule has 0 radical (unpaired) electrons. The molecule has 3 unspecified atom stereocenters. The van der Waals surface area contributed by atoms with E-state index in [0.717, 1.165) is 13.0 Å². The lowest BCUT2D eigenvalue weighted by atomic mass is 10.1. The summed E-state index contributed by atoms with van der Waals surface area (Å²) >= 11 is 0. The Bertz CT molecular complexity index is 412. The van der Waals surface area contributed by atoms with Gasteiger partial charge in [0, 0.05) is 0 Å². The monoisotopic (exact) mass is 330 g/mol. The van der Waals surface area contributed by atoms with Crippen molar-refractivity contribution in [2.75, 3.05) is 19.7 Å². The predicted molar refractivity (Wildman–Crippen MR) is 82.5 cm³/mol. The van der Waals surface area contributed by atoms with Crippen molar-refractivity contribution in [1.82, 2.24) is 16.0 Å². The van der Waals surface area contributed by atoms with Crippen LogP contribution in [-0.4, -0.2) is 65.8 Å². The van der Waals surface area contributed by atoms with Crippen molar-refractivity contribution in [2.45, 2.75) is 50.2 Å². The van der Waals surface area contributed by atoms with Gasteiger partial charge in [-0.15, -0.1) is 0 Å². The van der Waals surface area contributed by atoms with Crippen LogP contribution in [0.4, 0.5) is 0 Å². The van der Waals surface area contributed by atoms with E-state index in [2.05, 4.69) is 16.0 Å². The van der Waals surface area contributed by atoms with Crippen LogP contribution in [0.15, 0.2) is 0 Å². The molecule has 9 heteroatoms. The van der Waals surface area contributed by atoms with Crippen LogP contribution >= 0.6 is 0 Å². The van der Waals surface area contributed by atoms with Gasteiger partial charge in [0.2, 0.25) is 11.8 Å². The van der Waals surface area contributed by atoms with E-state index in [0.29, 0.717) is 25.8 Å². The standard InChI is InChI=1S/C14H26N4O5/c15-6-2-1-4-10(14(22)23)17-13(21)11(8-19)18-12(20)9-5-3-7-16-9/h9-11,16,19H,1-8,15H2,(H,17,21)(H,18,20)(H,22,23). The van der Waals surface area contributed by atoms with Crippen LogP contribution in [0.25, 0.3) is 0 Å². The average molecular weight is 330 g/mol. The van der Waals surface area contributed by atoms with E-state index in [4.69, 9.17) is 10.8 Å². The minimum absolute atomic E-state index is 0.245. The van der Waals surface area contributed by atoms with E-state index in [1.165, 1.54) is 0 Å². The molecule has 132 valence electrons. The molecular formula is C14H26N4O5. The fraction of sp³-hybridized carbons (Fsp3) is 0.786. The number of carboxylic acids is 1. The summed E-state index contributed by atoms with van der Waals surface area (Å²) in [5, 5.41) is 26.2. The van der Waals surface area contributed by atoms with E-state index in [9.17, 15) is 19.5 Å². The number of carbonyl (C=O) groups excluding carboxylic acids is 2. The summed E-state index contributed by atoms with van der Waals surface area (Å²) in [6.07, 6.45) is 3.01. The highest BCUT2D eigenvalue weighted by molar-refractivity contribution is 5.91. The first kappa shape index (κ1) is 19.3. The van der Waals surface area contributed by atoms with E-state index in [1.54, 1.807) is 0 Å². The second-order valence-electron chi connectivity index (χ2n) is 5.58.